The lowest BCUT2D eigenvalue weighted by Gasteiger charge is -2.14. The average molecular weight is 360 g/mol. The Labute approximate surface area is 146 Å². The Kier molecular flexibility index (Phi) is 3.91. The van der Waals surface area contributed by atoms with Crippen molar-refractivity contribution in [3.8, 4) is 11.1 Å². The van der Waals surface area contributed by atoms with Gasteiger partial charge in [0.2, 0.25) is 0 Å². The van der Waals surface area contributed by atoms with Gasteiger partial charge in [0, 0.05) is 24.5 Å². The summed E-state index contributed by atoms with van der Waals surface area (Å²) in [5.74, 6) is 0.333. The van der Waals surface area contributed by atoms with Crippen LogP contribution in [0.25, 0.3) is 27.7 Å². The minimum atomic E-state index is -4.57. The van der Waals surface area contributed by atoms with Gasteiger partial charge in [-0.15, -0.1) is 10.2 Å². The standard InChI is InChI=1S/C18H15F3N4O/c1-2-26-10-15-23-24-17-16(18(19,20)21)13(6-8-25(15)17)11-3-4-14-12(9-11)5-7-22-14/h3-9,22H,2,10H2,1H3. The summed E-state index contributed by atoms with van der Waals surface area (Å²) >= 11 is 0. The smallest absolute Gasteiger partial charge is 0.374 e. The molecule has 0 atom stereocenters. The van der Waals surface area contributed by atoms with Crippen molar-refractivity contribution in [2.24, 2.45) is 0 Å². The maximum atomic E-state index is 13.9. The second-order valence-electron chi connectivity index (χ2n) is 5.83. The number of H-pyrrole nitrogens is 1. The highest BCUT2D eigenvalue weighted by Gasteiger charge is 2.38. The molecule has 4 aromatic rings. The Balaban J connectivity index is 1.94. The fraction of sp³-hybridized carbons (Fsp3) is 0.222. The first-order chi connectivity index (χ1) is 12.5. The molecular formula is C18H15F3N4O. The number of hydrogen-bond acceptors (Lipinski definition) is 3. The van der Waals surface area contributed by atoms with E-state index in [2.05, 4.69) is 15.2 Å². The van der Waals surface area contributed by atoms with E-state index in [4.69, 9.17) is 4.74 Å². The number of nitrogens with zero attached hydrogens (tertiary/aromatic N) is 3. The quantitative estimate of drug-likeness (QED) is 0.586. The fourth-order valence-corrected chi connectivity index (χ4v) is 3.04. The third-order valence-electron chi connectivity index (χ3n) is 4.23. The monoisotopic (exact) mass is 360 g/mol. The van der Waals surface area contributed by atoms with Crippen molar-refractivity contribution >= 4 is 16.6 Å². The average Bonchev–Trinajstić information content (AvgIpc) is 3.24. The zero-order valence-corrected chi connectivity index (χ0v) is 13.8. The van der Waals surface area contributed by atoms with Gasteiger partial charge in [-0.2, -0.15) is 13.2 Å². The predicted molar refractivity (Wildman–Crippen MR) is 90.6 cm³/mol. The molecule has 134 valence electrons. The summed E-state index contributed by atoms with van der Waals surface area (Å²) in [7, 11) is 0. The lowest BCUT2D eigenvalue weighted by molar-refractivity contribution is -0.136. The second-order valence-corrected chi connectivity index (χ2v) is 5.83. The van der Waals surface area contributed by atoms with Crippen LogP contribution in [-0.2, 0) is 17.5 Å². The van der Waals surface area contributed by atoms with E-state index in [0.29, 0.717) is 18.0 Å². The van der Waals surface area contributed by atoms with Gasteiger partial charge in [-0.25, -0.2) is 0 Å². The van der Waals surface area contributed by atoms with Gasteiger partial charge in [-0.3, -0.25) is 4.40 Å². The van der Waals surface area contributed by atoms with Gasteiger partial charge in [0.15, 0.2) is 11.5 Å². The molecule has 4 rings (SSSR count). The van der Waals surface area contributed by atoms with Crippen LogP contribution in [0, 0.1) is 0 Å². The second kappa shape index (κ2) is 6.14. The first-order valence-electron chi connectivity index (χ1n) is 8.08. The highest BCUT2D eigenvalue weighted by Crippen LogP contribution is 2.40. The summed E-state index contributed by atoms with van der Waals surface area (Å²) in [6.45, 7) is 2.35. The number of ether oxygens (including phenoxy) is 1. The number of nitrogens with one attached hydrogen (secondary N) is 1. The van der Waals surface area contributed by atoms with Crippen molar-refractivity contribution in [2.75, 3.05) is 6.61 Å². The number of halogens is 3. The minimum absolute atomic E-state index is 0.0726. The molecule has 0 saturated heterocycles. The number of hydrogen-bond donors (Lipinski definition) is 1. The molecule has 3 aromatic heterocycles. The molecule has 5 nitrogen and oxygen atoms in total. The first kappa shape index (κ1) is 16.6. The third kappa shape index (κ3) is 2.72. The van der Waals surface area contributed by atoms with E-state index in [-0.39, 0.29) is 17.8 Å². The van der Waals surface area contributed by atoms with Crippen molar-refractivity contribution in [3.05, 3.63) is 54.1 Å². The van der Waals surface area contributed by atoms with E-state index in [0.717, 1.165) is 10.9 Å². The van der Waals surface area contributed by atoms with Crippen molar-refractivity contribution in [1.29, 1.82) is 0 Å². The molecule has 1 N–H and O–H groups in total. The molecule has 3 heterocycles. The molecule has 0 fully saturated rings. The van der Waals surface area contributed by atoms with Crippen LogP contribution in [0.15, 0.2) is 42.7 Å². The SMILES string of the molecule is CCOCc1nnc2c(C(F)(F)F)c(-c3ccc4[nH]ccc4c3)ccn12. The summed E-state index contributed by atoms with van der Waals surface area (Å²) in [6, 6.07) is 8.42. The summed E-state index contributed by atoms with van der Waals surface area (Å²) < 4.78 is 48.2. The molecule has 0 saturated carbocycles. The topological polar surface area (TPSA) is 55.2 Å². The van der Waals surface area contributed by atoms with Gasteiger partial charge in [0.1, 0.15) is 12.2 Å². The summed E-state index contributed by atoms with van der Waals surface area (Å²) in [5, 5.41) is 8.49. The number of pyridine rings is 1. The minimum Gasteiger partial charge on any atom is -0.374 e. The molecule has 0 aliphatic heterocycles. The van der Waals surface area contributed by atoms with Crippen molar-refractivity contribution in [2.45, 2.75) is 19.7 Å². The molecule has 8 heteroatoms. The molecule has 0 aliphatic rings. The van der Waals surface area contributed by atoms with Crippen LogP contribution in [0.4, 0.5) is 13.2 Å². The van der Waals surface area contributed by atoms with E-state index in [1.54, 1.807) is 37.5 Å². The van der Waals surface area contributed by atoms with E-state index in [1.165, 1.54) is 10.5 Å². The Morgan fingerprint density at radius 1 is 1.15 bits per heavy atom. The Morgan fingerprint density at radius 2 is 2.00 bits per heavy atom. The zero-order valence-electron chi connectivity index (χ0n) is 13.8. The van der Waals surface area contributed by atoms with Crippen LogP contribution in [0.1, 0.15) is 18.3 Å². The first-order valence-corrected chi connectivity index (χ1v) is 8.08. The van der Waals surface area contributed by atoms with E-state index in [9.17, 15) is 13.2 Å². The number of aromatic nitrogens is 4. The van der Waals surface area contributed by atoms with Crippen LogP contribution in [0.2, 0.25) is 0 Å². The Hall–Kier alpha value is -2.87. The number of rotatable bonds is 4. The Morgan fingerprint density at radius 3 is 2.77 bits per heavy atom. The molecule has 0 spiro atoms. The van der Waals surface area contributed by atoms with Gasteiger partial charge >= 0.3 is 6.18 Å². The van der Waals surface area contributed by atoms with Crippen LogP contribution in [0.3, 0.4) is 0 Å². The molecule has 26 heavy (non-hydrogen) atoms. The van der Waals surface area contributed by atoms with Crippen LogP contribution >= 0.6 is 0 Å². The molecule has 0 bridgehead atoms. The molecular weight excluding hydrogens is 345 g/mol. The summed E-state index contributed by atoms with van der Waals surface area (Å²) in [6.07, 6.45) is -1.27. The van der Waals surface area contributed by atoms with Gasteiger partial charge in [0.25, 0.3) is 0 Å². The predicted octanol–water partition coefficient (Wildman–Crippen LogP) is 4.43. The molecule has 0 unspecified atom stereocenters. The van der Waals surface area contributed by atoms with Gasteiger partial charge in [-0.05, 0) is 47.7 Å². The highest BCUT2D eigenvalue weighted by molar-refractivity contribution is 5.86. The molecule has 0 aliphatic carbocycles. The largest absolute Gasteiger partial charge is 0.420 e. The van der Waals surface area contributed by atoms with Crippen molar-refractivity contribution < 1.29 is 17.9 Å². The van der Waals surface area contributed by atoms with E-state index in [1.807, 2.05) is 6.07 Å². The number of benzene rings is 1. The van der Waals surface area contributed by atoms with Crippen LogP contribution < -0.4 is 0 Å². The van der Waals surface area contributed by atoms with Crippen LogP contribution in [-0.4, -0.2) is 26.2 Å². The lowest BCUT2D eigenvalue weighted by Crippen LogP contribution is -2.11. The zero-order chi connectivity index (χ0) is 18.3. The summed E-state index contributed by atoms with van der Waals surface area (Å²) in [4.78, 5) is 3.03. The van der Waals surface area contributed by atoms with Crippen LogP contribution in [0.5, 0.6) is 0 Å². The maximum Gasteiger partial charge on any atom is 0.420 e. The van der Waals surface area contributed by atoms with Crippen molar-refractivity contribution in [1.82, 2.24) is 19.6 Å². The third-order valence-corrected chi connectivity index (χ3v) is 4.23. The number of fused-ring (bicyclic) bond motifs is 2. The fourth-order valence-electron chi connectivity index (χ4n) is 3.04. The Bertz CT molecular complexity index is 1080. The summed E-state index contributed by atoms with van der Waals surface area (Å²) in [5.41, 5.74) is 0.388. The maximum absolute atomic E-state index is 13.9. The highest BCUT2D eigenvalue weighted by atomic mass is 19.4. The lowest BCUT2D eigenvalue weighted by atomic mass is 9.99. The normalized spacial score (nSPS) is 12.3. The van der Waals surface area contributed by atoms with Gasteiger partial charge in [-0.1, -0.05) is 6.07 Å². The van der Waals surface area contributed by atoms with Gasteiger partial charge < -0.3 is 9.72 Å². The number of aromatic amines is 1. The van der Waals surface area contributed by atoms with E-state index >= 15 is 0 Å². The number of alkyl halides is 3. The van der Waals surface area contributed by atoms with Crippen molar-refractivity contribution in [3.63, 3.8) is 0 Å². The molecule has 1 aromatic carbocycles. The molecule has 0 radical (unpaired) electrons. The van der Waals surface area contributed by atoms with Gasteiger partial charge in [0.05, 0.1) is 0 Å². The molecule has 0 amide bonds. The van der Waals surface area contributed by atoms with E-state index < -0.39 is 11.7 Å².